The Hall–Kier alpha value is -2.74. The lowest BCUT2D eigenvalue weighted by molar-refractivity contribution is 0.0954. The minimum absolute atomic E-state index is 0.114. The fourth-order valence-corrected chi connectivity index (χ4v) is 3.24. The lowest BCUT2D eigenvalue weighted by atomic mass is 10.1. The highest BCUT2D eigenvalue weighted by atomic mass is 32.1. The van der Waals surface area contributed by atoms with Crippen LogP contribution < -0.4 is 10.6 Å². The van der Waals surface area contributed by atoms with E-state index in [4.69, 9.17) is 4.52 Å². The average molecular weight is 357 g/mol. The van der Waals surface area contributed by atoms with E-state index >= 15 is 0 Å². The second-order valence-corrected chi connectivity index (χ2v) is 6.48. The molecule has 0 aliphatic heterocycles. The SMILES string of the molecule is CCNc1nc(C)c(C(=O)NCc2ccc(-c3noc(C)n3)cc2)s1. The highest BCUT2D eigenvalue weighted by Gasteiger charge is 2.15. The zero-order valence-electron chi connectivity index (χ0n) is 14.3. The molecule has 0 aliphatic carbocycles. The van der Waals surface area contributed by atoms with Crippen LogP contribution in [0.25, 0.3) is 11.4 Å². The van der Waals surface area contributed by atoms with Gasteiger partial charge in [-0.05, 0) is 19.4 Å². The van der Waals surface area contributed by atoms with Gasteiger partial charge in [0.05, 0.1) is 5.69 Å². The number of anilines is 1. The third-order valence-corrected chi connectivity index (χ3v) is 4.64. The number of rotatable bonds is 6. The molecule has 1 amide bonds. The van der Waals surface area contributed by atoms with Crippen LogP contribution in [-0.4, -0.2) is 27.6 Å². The number of benzene rings is 1. The van der Waals surface area contributed by atoms with E-state index in [1.165, 1.54) is 11.3 Å². The summed E-state index contributed by atoms with van der Waals surface area (Å²) in [7, 11) is 0. The Kier molecular flexibility index (Phi) is 5.08. The first-order valence-corrected chi connectivity index (χ1v) is 8.77. The molecule has 3 aromatic rings. The summed E-state index contributed by atoms with van der Waals surface area (Å²) in [4.78, 5) is 21.5. The van der Waals surface area contributed by atoms with Crippen LogP contribution in [0.4, 0.5) is 5.13 Å². The van der Waals surface area contributed by atoms with Gasteiger partial charge in [-0.3, -0.25) is 4.79 Å². The molecule has 0 saturated heterocycles. The van der Waals surface area contributed by atoms with Gasteiger partial charge >= 0.3 is 0 Å². The van der Waals surface area contributed by atoms with Crippen molar-refractivity contribution in [2.75, 3.05) is 11.9 Å². The van der Waals surface area contributed by atoms with Gasteiger partial charge in [-0.15, -0.1) is 0 Å². The third kappa shape index (κ3) is 4.03. The molecule has 2 heterocycles. The molecule has 130 valence electrons. The Morgan fingerprint density at radius 2 is 1.96 bits per heavy atom. The minimum atomic E-state index is -0.114. The van der Waals surface area contributed by atoms with Crippen LogP contribution in [-0.2, 0) is 6.54 Å². The number of hydrogen-bond donors (Lipinski definition) is 2. The van der Waals surface area contributed by atoms with Crippen molar-refractivity contribution in [3.8, 4) is 11.4 Å². The number of aromatic nitrogens is 3. The molecular weight excluding hydrogens is 338 g/mol. The molecule has 3 rings (SSSR count). The Balaban J connectivity index is 1.62. The van der Waals surface area contributed by atoms with Gasteiger partial charge in [0.25, 0.3) is 5.91 Å². The number of nitrogens with one attached hydrogen (secondary N) is 2. The van der Waals surface area contributed by atoms with Gasteiger partial charge in [-0.25, -0.2) is 4.98 Å². The van der Waals surface area contributed by atoms with Crippen molar-refractivity contribution in [3.05, 3.63) is 46.3 Å². The quantitative estimate of drug-likeness (QED) is 0.704. The Morgan fingerprint density at radius 1 is 1.20 bits per heavy atom. The molecule has 2 N–H and O–H groups in total. The molecule has 7 nitrogen and oxygen atoms in total. The van der Waals surface area contributed by atoms with Crippen LogP contribution in [0.5, 0.6) is 0 Å². The Labute approximate surface area is 149 Å². The summed E-state index contributed by atoms with van der Waals surface area (Å²) in [5.74, 6) is 0.976. The monoisotopic (exact) mass is 357 g/mol. The van der Waals surface area contributed by atoms with Gasteiger partial charge in [0.1, 0.15) is 4.88 Å². The van der Waals surface area contributed by atoms with Crippen molar-refractivity contribution in [1.82, 2.24) is 20.4 Å². The first-order chi connectivity index (χ1) is 12.1. The summed E-state index contributed by atoms with van der Waals surface area (Å²) in [6.45, 7) is 6.81. The zero-order valence-corrected chi connectivity index (χ0v) is 15.1. The van der Waals surface area contributed by atoms with Gasteiger partial charge in [-0.2, -0.15) is 4.98 Å². The smallest absolute Gasteiger partial charge is 0.263 e. The maximum Gasteiger partial charge on any atom is 0.263 e. The molecule has 0 bridgehead atoms. The van der Waals surface area contributed by atoms with Crippen LogP contribution in [0.2, 0.25) is 0 Å². The highest BCUT2D eigenvalue weighted by Crippen LogP contribution is 2.22. The summed E-state index contributed by atoms with van der Waals surface area (Å²) in [6.07, 6.45) is 0. The van der Waals surface area contributed by atoms with Crippen LogP contribution in [0.1, 0.15) is 33.7 Å². The molecule has 0 atom stereocenters. The molecule has 0 radical (unpaired) electrons. The fraction of sp³-hybridized carbons (Fsp3) is 0.294. The summed E-state index contributed by atoms with van der Waals surface area (Å²) in [5, 5.41) is 10.7. The lowest BCUT2D eigenvalue weighted by Gasteiger charge is -2.05. The fourth-order valence-electron chi connectivity index (χ4n) is 2.28. The summed E-state index contributed by atoms with van der Waals surface area (Å²) >= 11 is 1.37. The van der Waals surface area contributed by atoms with Crippen LogP contribution >= 0.6 is 11.3 Å². The standard InChI is InChI=1S/C17H19N5O2S/c1-4-18-17-20-10(2)14(25-17)16(23)19-9-12-5-7-13(8-6-12)15-21-11(3)24-22-15/h5-8H,4,9H2,1-3H3,(H,18,20)(H,19,23). The number of thiazole rings is 1. The van der Waals surface area contributed by atoms with Crippen molar-refractivity contribution in [2.24, 2.45) is 0 Å². The number of carbonyl (C=O) groups is 1. The average Bonchev–Trinajstić information content (AvgIpc) is 3.19. The van der Waals surface area contributed by atoms with E-state index in [0.29, 0.717) is 23.1 Å². The maximum absolute atomic E-state index is 12.3. The molecule has 0 fully saturated rings. The van der Waals surface area contributed by atoms with Crippen molar-refractivity contribution in [2.45, 2.75) is 27.3 Å². The van der Waals surface area contributed by atoms with Gasteiger partial charge in [0.15, 0.2) is 5.13 Å². The first kappa shape index (κ1) is 17.1. The number of nitrogens with zero attached hydrogens (tertiary/aromatic N) is 3. The van der Waals surface area contributed by atoms with E-state index in [-0.39, 0.29) is 5.91 Å². The number of amides is 1. The number of carbonyl (C=O) groups excluding carboxylic acids is 1. The van der Waals surface area contributed by atoms with Gasteiger partial charge in [0.2, 0.25) is 11.7 Å². The van der Waals surface area contributed by atoms with Gasteiger partial charge in [-0.1, -0.05) is 40.8 Å². The normalized spacial score (nSPS) is 10.7. The largest absolute Gasteiger partial charge is 0.362 e. The van der Waals surface area contributed by atoms with E-state index in [2.05, 4.69) is 25.8 Å². The third-order valence-electron chi connectivity index (χ3n) is 3.52. The lowest BCUT2D eigenvalue weighted by Crippen LogP contribution is -2.22. The molecule has 0 spiro atoms. The summed E-state index contributed by atoms with van der Waals surface area (Å²) < 4.78 is 4.98. The second-order valence-electron chi connectivity index (χ2n) is 5.48. The highest BCUT2D eigenvalue weighted by molar-refractivity contribution is 7.17. The predicted octanol–water partition coefficient (Wildman–Crippen LogP) is 3.17. The molecule has 25 heavy (non-hydrogen) atoms. The van der Waals surface area contributed by atoms with E-state index in [1.54, 1.807) is 6.92 Å². The van der Waals surface area contributed by atoms with E-state index in [0.717, 1.165) is 28.5 Å². The van der Waals surface area contributed by atoms with E-state index < -0.39 is 0 Å². The van der Waals surface area contributed by atoms with E-state index in [9.17, 15) is 4.79 Å². The molecule has 8 heteroatoms. The molecule has 2 aromatic heterocycles. The molecular formula is C17H19N5O2S. The zero-order chi connectivity index (χ0) is 17.8. The summed E-state index contributed by atoms with van der Waals surface area (Å²) in [5.41, 5.74) is 2.60. The second kappa shape index (κ2) is 7.43. The number of aryl methyl sites for hydroxylation is 2. The Bertz CT molecular complexity index is 870. The summed E-state index contributed by atoms with van der Waals surface area (Å²) in [6, 6.07) is 7.69. The molecule has 1 aromatic carbocycles. The number of hydrogen-bond acceptors (Lipinski definition) is 7. The topological polar surface area (TPSA) is 92.9 Å². The van der Waals surface area contributed by atoms with Crippen molar-refractivity contribution in [3.63, 3.8) is 0 Å². The first-order valence-electron chi connectivity index (χ1n) is 7.96. The van der Waals surface area contributed by atoms with Crippen molar-refractivity contribution >= 4 is 22.4 Å². The van der Waals surface area contributed by atoms with Crippen molar-refractivity contribution in [1.29, 1.82) is 0 Å². The van der Waals surface area contributed by atoms with Crippen LogP contribution in [0.15, 0.2) is 28.8 Å². The molecule has 0 saturated carbocycles. The van der Waals surface area contributed by atoms with Gasteiger partial charge < -0.3 is 15.2 Å². The Morgan fingerprint density at radius 3 is 2.60 bits per heavy atom. The van der Waals surface area contributed by atoms with Crippen LogP contribution in [0.3, 0.4) is 0 Å². The van der Waals surface area contributed by atoms with Gasteiger partial charge in [0, 0.05) is 25.6 Å². The van der Waals surface area contributed by atoms with E-state index in [1.807, 2.05) is 38.1 Å². The predicted molar refractivity (Wildman–Crippen MR) is 96.7 cm³/mol. The molecule has 0 unspecified atom stereocenters. The maximum atomic E-state index is 12.3. The minimum Gasteiger partial charge on any atom is -0.362 e. The van der Waals surface area contributed by atoms with Crippen molar-refractivity contribution < 1.29 is 9.32 Å². The van der Waals surface area contributed by atoms with Crippen LogP contribution in [0, 0.1) is 13.8 Å². The molecule has 0 aliphatic rings.